The molecule has 1 heteroatoms. The van der Waals surface area contributed by atoms with Crippen molar-refractivity contribution in [1.29, 1.82) is 0 Å². The van der Waals surface area contributed by atoms with Gasteiger partial charge < -0.3 is 0 Å². The summed E-state index contributed by atoms with van der Waals surface area (Å²) in [7, 11) is 0. The van der Waals surface area contributed by atoms with E-state index in [2.05, 4.69) is 22.9 Å². The van der Waals surface area contributed by atoms with Gasteiger partial charge in [0, 0.05) is 5.33 Å². The predicted octanol–water partition coefficient (Wildman–Crippen LogP) is 3.99. The first-order valence-electron chi connectivity index (χ1n) is 4.90. The van der Waals surface area contributed by atoms with Crippen LogP contribution in [0.15, 0.2) is 0 Å². The maximum atomic E-state index is 3.58. The van der Waals surface area contributed by atoms with Crippen molar-refractivity contribution in [1.82, 2.24) is 0 Å². The molecule has 0 aliphatic heterocycles. The monoisotopic (exact) mass is 218 g/mol. The second-order valence-corrected chi connectivity index (χ2v) is 4.53. The predicted molar refractivity (Wildman–Crippen MR) is 54.2 cm³/mol. The highest BCUT2D eigenvalue weighted by molar-refractivity contribution is 9.09. The molecular weight excluding hydrogens is 200 g/mol. The van der Waals surface area contributed by atoms with Crippen molar-refractivity contribution in [3.63, 3.8) is 0 Å². The van der Waals surface area contributed by atoms with Gasteiger partial charge in [-0.1, -0.05) is 61.4 Å². The van der Waals surface area contributed by atoms with Gasteiger partial charge in [-0.15, -0.1) is 0 Å². The Morgan fingerprint density at radius 3 is 2.18 bits per heavy atom. The lowest BCUT2D eigenvalue weighted by molar-refractivity contribution is 0.349. The van der Waals surface area contributed by atoms with Crippen molar-refractivity contribution in [2.75, 3.05) is 5.33 Å². The van der Waals surface area contributed by atoms with Crippen LogP contribution in [-0.4, -0.2) is 5.33 Å². The van der Waals surface area contributed by atoms with Gasteiger partial charge in [-0.2, -0.15) is 0 Å². The lowest BCUT2D eigenvalue weighted by atomic mass is 9.89. The largest absolute Gasteiger partial charge is 0.0925 e. The molecule has 0 heterocycles. The first-order chi connectivity index (χ1) is 5.34. The fourth-order valence-corrected chi connectivity index (χ4v) is 2.53. The fraction of sp³-hybridized carbons (Fsp3) is 1.00. The Bertz CT molecular complexity index is 93.0. The Hall–Kier alpha value is 0.480. The SMILES string of the molecule is CC(CBr)C1CCCCCC1. The molecule has 1 aliphatic rings. The van der Waals surface area contributed by atoms with Crippen molar-refractivity contribution >= 4 is 15.9 Å². The highest BCUT2D eigenvalue weighted by atomic mass is 79.9. The van der Waals surface area contributed by atoms with Gasteiger partial charge in [0.15, 0.2) is 0 Å². The number of hydrogen-bond acceptors (Lipinski definition) is 0. The van der Waals surface area contributed by atoms with Crippen molar-refractivity contribution < 1.29 is 0 Å². The van der Waals surface area contributed by atoms with Crippen molar-refractivity contribution in [3.8, 4) is 0 Å². The zero-order chi connectivity index (χ0) is 8.10. The third-order valence-corrected chi connectivity index (χ3v) is 3.97. The van der Waals surface area contributed by atoms with Crippen LogP contribution in [0, 0.1) is 11.8 Å². The molecule has 1 aliphatic carbocycles. The Balaban J connectivity index is 2.30. The van der Waals surface area contributed by atoms with E-state index in [4.69, 9.17) is 0 Å². The smallest absolute Gasteiger partial charge is 0.00596 e. The summed E-state index contributed by atoms with van der Waals surface area (Å²) in [6.07, 6.45) is 8.86. The first-order valence-corrected chi connectivity index (χ1v) is 6.02. The summed E-state index contributed by atoms with van der Waals surface area (Å²) in [5, 5.41) is 1.19. The van der Waals surface area contributed by atoms with Crippen molar-refractivity contribution in [2.24, 2.45) is 11.8 Å². The maximum Gasteiger partial charge on any atom is 0.00596 e. The molecule has 1 atom stereocenters. The van der Waals surface area contributed by atoms with Crippen LogP contribution < -0.4 is 0 Å². The molecule has 0 aromatic carbocycles. The third kappa shape index (κ3) is 3.14. The molecule has 0 radical (unpaired) electrons. The Kier molecular flexibility index (Phi) is 4.51. The first kappa shape index (κ1) is 9.57. The minimum Gasteiger partial charge on any atom is -0.0925 e. The molecule has 0 bridgehead atoms. The molecule has 11 heavy (non-hydrogen) atoms. The van der Waals surface area contributed by atoms with Crippen LogP contribution in [0.25, 0.3) is 0 Å². The van der Waals surface area contributed by atoms with E-state index >= 15 is 0 Å². The summed E-state index contributed by atoms with van der Waals surface area (Å²) in [6.45, 7) is 2.38. The second kappa shape index (κ2) is 5.18. The number of rotatable bonds is 2. The van der Waals surface area contributed by atoms with E-state index in [1.807, 2.05) is 0 Å². The van der Waals surface area contributed by atoms with E-state index in [-0.39, 0.29) is 0 Å². The Morgan fingerprint density at radius 2 is 1.73 bits per heavy atom. The van der Waals surface area contributed by atoms with Gasteiger partial charge >= 0.3 is 0 Å². The van der Waals surface area contributed by atoms with Gasteiger partial charge in [-0.05, 0) is 11.8 Å². The van der Waals surface area contributed by atoms with Crippen LogP contribution in [0.5, 0.6) is 0 Å². The van der Waals surface area contributed by atoms with Crippen molar-refractivity contribution in [3.05, 3.63) is 0 Å². The average molecular weight is 219 g/mol. The average Bonchev–Trinajstić information content (AvgIpc) is 2.30. The summed E-state index contributed by atoms with van der Waals surface area (Å²) < 4.78 is 0. The molecule has 0 N–H and O–H groups in total. The summed E-state index contributed by atoms with van der Waals surface area (Å²) in [5.41, 5.74) is 0. The molecule has 0 spiro atoms. The standard InChI is InChI=1S/C10H19Br/c1-9(8-11)10-6-4-2-3-5-7-10/h9-10H,2-8H2,1H3. The second-order valence-electron chi connectivity index (χ2n) is 3.88. The number of alkyl halides is 1. The van der Waals surface area contributed by atoms with E-state index in [1.165, 1.54) is 43.9 Å². The molecule has 1 saturated carbocycles. The van der Waals surface area contributed by atoms with Crippen LogP contribution in [0.4, 0.5) is 0 Å². The van der Waals surface area contributed by atoms with Crippen LogP contribution in [0.2, 0.25) is 0 Å². The van der Waals surface area contributed by atoms with Crippen LogP contribution in [0.1, 0.15) is 45.4 Å². The van der Waals surface area contributed by atoms with E-state index in [0.717, 1.165) is 11.8 Å². The highest BCUT2D eigenvalue weighted by Gasteiger charge is 2.17. The summed E-state index contributed by atoms with van der Waals surface area (Å²) >= 11 is 3.58. The normalized spacial score (nSPS) is 24.5. The van der Waals surface area contributed by atoms with Gasteiger partial charge in [0.05, 0.1) is 0 Å². The van der Waals surface area contributed by atoms with Gasteiger partial charge in [0.1, 0.15) is 0 Å². The molecule has 0 aromatic rings. The van der Waals surface area contributed by atoms with Crippen molar-refractivity contribution in [2.45, 2.75) is 45.4 Å². The lowest BCUT2D eigenvalue weighted by Crippen LogP contribution is -2.11. The van der Waals surface area contributed by atoms with E-state index in [9.17, 15) is 0 Å². The van der Waals surface area contributed by atoms with Crippen LogP contribution in [-0.2, 0) is 0 Å². The summed E-state index contributed by atoms with van der Waals surface area (Å²) in [4.78, 5) is 0. The molecule has 0 nitrogen and oxygen atoms in total. The molecule has 0 aromatic heterocycles. The van der Waals surface area contributed by atoms with Gasteiger partial charge in [0.25, 0.3) is 0 Å². The molecule has 1 rings (SSSR count). The van der Waals surface area contributed by atoms with Gasteiger partial charge in [-0.3, -0.25) is 0 Å². The van der Waals surface area contributed by atoms with Gasteiger partial charge in [0.2, 0.25) is 0 Å². The molecule has 66 valence electrons. The molecule has 1 unspecified atom stereocenters. The molecular formula is C10H19Br. The molecule has 0 amide bonds. The lowest BCUT2D eigenvalue weighted by Gasteiger charge is -2.19. The minimum absolute atomic E-state index is 0.896. The molecule has 0 saturated heterocycles. The summed E-state index contributed by atoms with van der Waals surface area (Å²) in [6, 6.07) is 0. The zero-order valence-electron chi connectivity index (χ0n) is 7.48. The van der Waals surface area contributed by atoms with Crippen LogP contribution in [0.3, 0.4) is 0 Å². The molecule has 1 fully saturated rings. The number of hydrogen-bond donors (Lipinski definition) is 0. The third-order valence-electron chi connectivity index (χ3n) is 2.95. The van der Waals surface area contributed by atoms with E-state index in [0.29, 0.717) is 0 Å². The van der Waals surface area contributed by atoms with E-state index < -0.39 is 0 Å². The number of halogens is 1. The quantitative estimate of drug-likeness (QED) is 0.486. The maximum absolute atomic E-state index is 3.58. The topological polar surface area (TPSA) is 0 Å². The minimum atomic E-state index is 0.896. The Morgan fingerprint density at radius 1 is 1.18 bits per heavy atom. The van der Waals surface area contributed by atoms with Gasteiger partial charge in [-0.25, -0.2) is 0 Å². The highest BCUT2D eigenvalue weighted by Crippen LogP contribution is 2.29. The Labute approximate surface area is 78.9 Å². The zero-order valence-corrected chi connectivity index (χ0v) is 9.07. The fourth-order valence-electron chi connectivity index (χ4n) is 2.01. The summed E-state index contributed by atoms with van der Waals surface area (Å²) in [5.74, 6) is 1.91. The van der Waals surface area contributed by atoms with E-state index in [1.54, 1.807) is 0 Å². The van der Waals surface area contributed by atoms with Crippen LogP contribution >= 0.6 is 15.9 Å².